The molecule has 0 saturated carbocycles. The Morgan fingerprint density at radius 3 is 2.53 bits per heavy atom. The Morgan fingerprint density at radius 1 is 1.00 bits per heavy atom. The van der Waals surface area contributed by atoms with Gasteiger partial charge in [-0.2, -0.15) is 0 Å². The Morgan fingerprint density at radius 2 is 1.79 bits per heavy atom. The van der Waals surface area contributed by atoms with Gasteiger partial charge in [0, 0.05) is 17.1 Å². The standard InChI is InChI=1S/C15H13N3O/c1-19-14-7-6-11(10-4-2-3-5-12(10)14)13-8-9-17-15(16)18-13/h2-9H,1H3,(H2,16,17,18). The number of nitrogens with two attached hydrogens (primary N) is 1. The summed E-state index contributed by atoms with van der Waals surface area (Å²) in [5.41, 5.74) is 7.48. The second kappa shape index (κ2) is 4.57. The predicted molar refractivity (Wildman–Crippen MR) is 75.9 cm³/mol. The van der Waals surface area contributed by atoms with E-state index in [1.165, 1.54) is 0 Å². The van der Waals surface area contributed by atoms with Crippen molar-refractivity contribution in [3.05, 3.63) is 48.7 Å². The second-order valence-corrected chi connectivity index (χ2v) is 4.16. The normalized spacial score (nSPS) is 10.6. The molecular formula is C15H13N3O. The molecule has 0 amide bonds. The molecule has 4 heteroatoms. The van der Waals surface area contributed by atoms with Crippen molar-refractivity contribution in [1.29, 1.82) is 0 Å². The Labute approximate surface area is 110 Å². The molecule has 0 aliphatic carbocycles. The molecule has 1 heterocycles. The van der Waals surface area contributed by atoms with Gasteiger partial charge in [0.1, 0.15) is 5.75 Å². The predicted octanol–water partition coefficient (Wildman–Crippen LogP) is 2.89. The molecule has 0 radical (unpaired) electrons. The lowest BCUT2D eigenvalue weighted by molar-refractivity contribution is 0.420. The molecule has 94 valence electrons. The molecule has 2 N–H and O–H groups in total. The summed E-state index contributed by atoms with van der Waals surface area (Å²) >= 11 is 0. The smallest absolute Gasteiger partial charge is 0.220 e. The molecule has 0 saturated heterocycles. The average molecular weight is 251 g/mol. The van der Waals surface area contributed by atoms with Crippen LogP contribution in [0.25, 0.3) is 22.0 Å². The highest BCUT2D eigenvalue weighted by molar-refractivity contribution is 5.99. The summed E-state index contributed by atoms with van der Waals surface area (Å²) in [5.74, 6) is 1.12. The van der Waals surface area contributed by atoms with E-state index in [2.05, 4.69) is 9.97 Å². The van der Waals surface area contributed by atoms with Crippen LogP contribution in [0.2, 0.25) is 0 Å². The molecule has 0 aliphatic rings. The Bertz CT molecular complexity index is 740. The van der Waals surface area contributed by atoms with E-state index in [1.807, 2.05) is 42.5 Å². The minimum Gasteiger partial charge on any atom is -0.496 e. The molecule has 0 bridgehead atoms. The van der Waals surface area contributed by atoms with E-state index < -0.39 is 0 Å². The van der Waals surface area contributed by atoms with Gasteiger partial charge in [-0.3, -0.25) is 0 Å². The number of aromatic nitrogens is 2. The average Bonchev–Trinajstić information content (AvgIpc) is 2.46. The van der Waals surface area contributed by atoms with Crippen molar-refractivity contribution in [2.24, 2.45) is 0 Å². The molecule has 2 aromatic carbocycles. The van der Waals surface area contributed by atoms with Crippen LogP contribution in [0, 0.1) is 0 Å². The third-order valence-electron chi connectivity index (χ3n) is 3.05. The van der Waals surface area contributed by atoms with Crippen LogP contribution in [0.1, 0.15) is 0 Å². The lowest BCUT2D eigenvalue weighted by atomic mass is 10.0. The highest BCUT2D eigenvalue weighted by Crippen LogP contribution is 2.33. The molecule has 0 aliphatic heterocycles. The van der Waals surface area contributed by atoms with E-state index in [0.717, 1.165) is 27.8 Å². The number of nitrogen functional groups attached to an aromatic ring is 1. The molecule has 0 spiro atoms. The van der Waals surface area contributed by atoms with Crippen molar-refractivity contribution in [2.45, 2.75) is 0 Å². The number of anilines is 1. The molecular weight excluding hydrogens is 238 g/mol. The summed E-state index contributed by atoms with van der Waals surface area (Å²) < 4.78 is 5.38. The summed E-state index contributed by atoms with van der Waals surface area (Å²) in [6.07, 6.45) is 1.66. The summed E-state index contributed by atoms with van der Waals surface area (Å²) in [6, 6.07) is 13.8. The topological polar surface area (TPSA) is 61.0 Å². The van der Waals surface area contributed by atoms with E-state index in [1.54, 1.807) is 13.3 Å². The van der Waals surface area contributed by atoms with Gasteiger partial charge in [-0.25, -0.2) is 9.97 Å². The van der Waals surface area contributed by atoms with Gasteiger partial charge in [-0.1, -0.05) is 24.3 Å². The fourth-order valence-electron chi connectivity index (χ4n) is 2.20. The van der Waals surface area contributed by atoms with Crippen LogP contribution in [0.5, 0.6) is 5.75 Å². The van der Waals surface area contributed by atoms with Gasteiger partial charge in [-0.15, -0.1) is 0 Å². The number of methoxy groups -OCH3 is 1. The maximum absolute atomic E-state index is 5.65. The van der Waals surface area contributed by atoms with Gasteiger partial charge >= 0.3 is 0 Å². The molecule has 19 heavy (non-hydrogen) atoms. The molecule has 0 unspecified atom stereocenters. The molecule has 1 aromatic heterocycles. The second-order valence-electron chi connectivity index (χ2n) is 4.16. The van der Waals surface area contributed by atoms with Crippen molar-refractivity contribution in [3.8, 4) is 17.0 Å². The maximum atomic E-state index is 5.65. The van der Waals surface area contributed by atoms with Crippen LogP contribution in [-0.2, 0) is 0 Å². The Kier molecular flexibility index (Phi) is 2.76. The number of benzene rings is 2. The third kappa shape index (κ3) is 1.97. The quantitative estimate of drug-likeness (QED) is 0.760. The Balaban J connectivity index is 2.31. The van der Waals surface area contributed by atoms with E-state index in [9.17, 15) is 0 Å². The summed E-state index contributed by atoms with van der Waals surface area (Å²) in [5, 5.41) is 2.14. The highest BCUT2D eigenvalue weighted by atomic mass is 16.5. The van der Waals surface area contributed by atoms with Crippen LogP contribution >= 0.6 is 0 Å². The summed E-state index contributed by atoms with van der Waals surface area (Å²) in [4.78, 5) is 8.20. The minimum absolute atomic E-state index is 0.275. The SMILES string of the molecule is COc1ccc(-c2ccnc(N)n2)c2ccccc12. The fraction of sp³-hybridized carbons (Fsp3) is 0.0667. The minimum atomic E-state index is 0.275. The largest absolute Gasteiger partial charge is 0.496 e. The molecule has 3 rings (SSSR count). The number of nitrogens with zero attached hydrogens (tertiary/aromatic N) is 2. The number of ether oxygens (including phenoxy) is 1. The van der Waals surface area contributed by atoms with E-state index in [0.29, 0.717) is 0 Å². The lowest BCUT2D eigenvalue weighted by Gasteiger charge is -2.10. The first-order chi connectivity index (χ1) is 9.29. The fourth-order valence-corrected chi connectivity index (χ4v) is 2.20. The first-order valence-corrected chi connectivity index (χ1v) is 5.94. The maximum Gasteiger partial charge on any atom is 0.220 e. The first-order valence-electron chi connectivity index (χ1n) is 5.94. The van der Waals surface area contributed by atoms with Crippen LogP contribution in [0.15, 0.2) is 48.7 Å². The Hall–Kier alpha value is -2.62. The van der Waals surface area contributed by atoms with Crippen molar-refractivity contribution >= 4 is 16.7 Å². The number of hydrogen-bond donors (Lipinski definition) is 1. The zero-order chi connectivity index (χ0) is 13.2. The van der Waals surface area contributed by atoms with Crippen LogP contribution < -0.4 is 10.5 Å². The van der Waals surface area contributed by atoms with Gasteiger partial charge in [0.05, 0.1) is 12.8 Å². The monoisotopic (exact) mass is 251 g/mol. The number of rotatable bonds is 2. The van der Waals surface area contributed by atoms with Gasteiger partial charge in [0.15, 0.2) is 0 Å². The van der Waals surface area contributed by atoms with Crippen molar-refractivity contribution < 1.29 is 4.74 Å². The molecule has 4 nitrogen and oxygen atoms in total. The number of hydrogen-bond acceptors (Lipinski definition) is 4. The number of fused-ring (bicyclic) bond motifs is 1. The van der Waals surface area contributed by atoms with Crippen molar-refractivity contribution in [3.63, 3.8) is 0 Å². The third-order valence-corrected chi connectivity index (χ3v) is 3.05. The van der Waals surface area contributed by atoms with Crippen molar-refractivity contribution in [2.75, 3.05) is 12.8 Å². The zero-order valence-electron chi connectivity index (χ0n) is 10.5. The first kappa shape index (κ1) is 11.5. The molecule has 0 fully saturated rings. The summed E-state index contributed by atoms with van der Waals surface area (Å²) in [6.45, 7) is 0. The van der Waals surface area contributed by atoms with Gasteiger partial charge in [-0.05, 0) is 23.6 Å². The van der Waals surface area contributed by atoms with Crippen LogP contribution in [-0.4, -0.2) is 17.1 Å². The van der Waals surface area contributed by atoms with E-state index in [4.69, 9.17) is 10.5 Å². The van der Waals surface area contributed by atoms with Crippen molar-refractivity contribution in [1.82, 2.24) is 9.97 Å². The van der Waals surface area contributed by atoms with Gasteiger partial charge in [0.25, 0.3) is 0 Å². The molecule has 0 atom stereocenters. The molecule has 3 aromatic rings. The van der Waals surface area contributed by atoms with Crippen LogP contribution in [0.4, 0.5) is 5.95 Å². The highest BCUT2D eigenvalue weighted by Gasteiger charge is 2.09. The van der Waals surface area contributed by atoms with Gasteiger partial charge in [0.2, 0.25) is 5.95 Å². The van der Waals surface area contributed by atoms with E-state index in [-0.39, 0.29) is 5.95 Å². The zero-order valence-corrected chi connectivity index (χ0v) is 10.5. The van der Waals surface area contributed by atoms with E-state index >= 15 is 0 Å². The van der Waals surface area contributed by atoms with Crippen LogP contribution in [0.3, 0.4) is 0 Å². The van der Waals surface area contributed by atoms with Gasteiger partial charge < -0.3 is 10.5 Å². The lowest BCUT2D eigenvalue weighted by Crippen LogP contribution is -1.96. The summed E-state index contributed by atoms with van der Waals surface area (Å²) in [7, 11) is 1.67.